The van der Waals surface area contributed by atoms with Gasteiger partial charge in [-0.05, 0) is 25.3 Å². The largest absolute Gasteiger partial charge is 0.477 e. The van der Waals surface area contributed by atoms with Crippen LogP contribution in [0.25, 0.3) is 0 Å². The van der Waals surface area contributed by atoms with Gasteiger partial charge in [-0.1, -0.05) is 13.3 Å². The summed E-state index contributed by atoms with van der Waals surface area (Å²) in [5.41, 5.74) is 0.988. The molecule has 0 atom stereocenters. The van der Waals surface area contributed by atoms with Crippen molar-refractivity contribution in [1.29, 1.82) is 0 Å². The lowest BCUT2D eigenvalue weighted by atomic mass is 10.2. The van der Waals surface area contributed by atoms with Crippen LogP contribution in [-0.4, -0.2) is 21.0 Å². The molecule has 1 aliphatic rings. The quantitative estimate of drug-likeness (QED) is 0.818. The molecule has 1 aromatic heterocycles. The Labute approximate surface area is 88.4 Å². The number of carboxylic acid groups (broad SMARTS) is 1. The lowest BCUT2D eigenvalue weighted by Gasteiger charge is -2.03. The van der Waals surface area contributed by atoms with Crippen LogP contribution < -0.4 is 0 Å². The number of hydrogen-bond donors (Lipinski definition) is 1. The summed E-state index contributed by atoms with van der Waals surface area (Å²) in [6, 6.07) is 1.58. The van der Waals surface area contributed by atoms with E-state index in [1.165, 1.54) is 0 Å². The standard InChI is InChI=1S/C11H14N2O2/c1-2-3-8-6-9(11(14)15)13-10(12-8)7-4-5-7/h6-7H,2-5H2,1H3,(H,14,15). The highest BCUT2D eigenvalue weighted by Crippen LogP contribution is 2.38. The molecule has 2 rings (SSSR count). The molecular weight excluding hydrogens is 192 g/mol. The predicted octanol–water partition coefficient (Wildman–Crippen LogP) is 2.00. The molecule has 1 aromatic rings. The normalized spacial score (nSPS) is 15.3. The van der Waals surface area contributed by atoms with Crippen molar-refractivity contribution < 1.29 is 9.90 Å². The first-order chi connectivity index (χ1) is 7.20. The molecule has 4 nitrogen and oxygen atoms in total. The van der Waals surface area contributed by atoms with Crippen LogP contribution in [0.2, 0.25) is 0 Å². The molecule has 0 saturated heterocycles. The molecule has 0 aliphatic heterocycles. The fourth-order valence-electron chi connectivity index (χ4n) is 1.54. The molecular formula is C11H14N2O2. The van der Waals surface area contributed by atoms with E-state index in [1.54, 1.807) is 6.07 Å². The zero-order chi connectivity index (χ0) is 10.8. The van der Waals surface area contributed by atoms with E-state index in [0.717, 1.165) is 37.2 Å². The fraction of sp³-hybridized carbons (Fsp3) is 0.545. The highest BCUT2D eigenvalue weighted by Gasteiger charge is 2.27. The Morgan fingerprint density at radius 2 is 2.27 bits per heavy atom. The van der Waals surface area contributed by atoms with Gasteiger partial charge in [-0.25, -0.2) is 14.8 Å². The second-order valence-electron chi connectivity index (χ2n) is 3.93. The summed E-state index contributed by atoms with van der Waals surface area (Å²) in [4.78, 5) is 19.3. The molecule has 0 spiro atoms. The Balaban J connectivity index is 2.34. The van der Waals surface area contributed by atoms with Crippen LogP contribution in [0.5, 0.6) is 0 Å². The summed E-state index contributed by atoms with van der Waals surface area (Å²) in [7, 11) is 0. The topological polar surface area (TPSA) is 63.1 Å². The first-order valence-corrected chi connectivity index (χ1v) is 5.32. The van der Waals surface area contributed by atoms with Gasteiger partial charge < -0.3 is 5.11 Å². The molecule has 1 N–H and O–H groups in total. The summed E-state index contributed by atoms with van der Waals surface area (Å²) in [6.07, 6.45) is 3.98. The maximum Gasteiger partial charge on any atom is 0.354 e. The van der Waals surface area contributed by atoms with Crippen molar-refractivity contribution in [3.8, 4) is 0 Å². The zero-order valence-corrected chi connectivity index (χ0v) is 8.73. The summed E-state index contributed by atoms with van der Waals surface area (Å²) in [5.74, 6) is 0.162. The molecule has 1 aliphatic carbocycles. The van der Waals surface area contributed by atoms with Gasteiger partial charge in [0.15, 0.2) is 5.69 Å². The summed E-state index contributed by atoms with van der Waals surface area (Å²) >= 11 is 0. The van der Waals surface area contributed by atoms with Crippen molar-refractivity contribution in [2.75, 3.05) is 0 Å². The second-order valence-corrected chi connectivity index (χ2v) is 3.93. The van der Waals surface area contributed by atoms with Crippen molar-refractivity contribution in [1.82, 2.24) is 9.97 Å². The minimum absolute atomic E-state index is 0.135. The summed E-state index contributed by atoms with van der Waals surface area (Å²) in [6.45, 7) is 2.05. The van der Waals surface area contributed by atoms with E-state index in [-0.39, 0.29) is 5.69 Å². The molecule has 15 heavy (non-hydrogen) atoms. The van der Waals surface area contributed by atoms with Crippen molar-refractivity contribution in [3.05, 3.63) is 23.3 Å². The molecule has 0 unspecified atom stereocenters. The average Bonchev–Trinajstić information content (AvgIpc) is 3.01. The fourth-order valence-corrected chi connectivity index (χ4v) is 1.54. The van der Waals surface area contributed by atoms with E-state index in [0.29, 0.717) is 5.92 Å². The number of carbonyl (C=O) groups is 1. The SMILES string of the molecule is CCCc1cc(C(=O)O)nc(C2CC2)n1. The molecule has 0 aromatic carbocycles. The Hall–Kier alpha value is -1.45. The van der Waals surface area contributed by atoms with Crippen molar-refractivity contribution in [2.45, 2.75) is 38.5 Å². The summed E-state index contributed by atoms with van der Waals surface area (Å²) < 4.78 is 0. The van der Waals surface area contributed by atoms with Crippen molar-refractivity contribution in [3.63, 3.8) is 0 Å². The molecule has 1 heterocycles. The van der Waals surface area contributed by atoms with E-state index in [2.05, 4.69) is 16.9 Å². The highest BCUT2D eigenvalue weighted by molar-refractivity contribution is 5.85. The maximum atomic E-state index is 10.9. The molecule has 0 bridgehead atoms. The Bertz CT molecular complexity index is 386. The Morgan fingerprint density at radius 1 is 1.53 bits per heavy atom. The summed E-state index contributed by atoms with van der Waals surface area (Å²) in [5, 5.41) is 8.91. The third-order valence-electron chi connectivity index (χ3n) is 2.46. The van der Waals surface area contributed by atoms with Crippen LogP contribution in [0.1, 0.15) is 54.1 Å². The van der Waals surface area contributed by atoms with E-state index in [4.69, 9.17) is 5.11 Å². The number of aryl methyl sites for hydroxylation is 1. The van der Waals surface area contributed by atoms with Crippen LogP contribution in [0.4, 0.5) is 0 Å². The second kappa shape index (κ2) is 3.96. The van der Waals surface area contributed by atoms with Gasteiger partial charge in [0.05, 0.1) is 0 Å². The van der Waals surface area contributed by atoms with Gasteiger partial charge in [-0.15, -0.1) is 0 Å². The predicted molar refractivity (Wildman–Crippen MR) is 55.0 cm³/mol. The van der Waals surface area contributed by atoms with E-state index >= 15 is 0 Å². The highest BCUT2D eigenvalue weighted by atomic mass is 16.4. The monoisotopic (exact) mass is 206 g/mol. The van der Waals surface area contributed by atoms with Crippen molar-refractivity contribution >= 4 is 5.97 Å². The lowest BCUT2D eigenvalue weighted by Crippen LogP contribution is -2.07. The molecule has 80 valence electrons. The number of carboxylic acids is 1. The third-order valence-corrected chi connectivity index (χ3v) is 2.46. The smallest absolute Gasteiger partial charge is 0.354 e. The van der Waals surface area contributed by atoms with E-state index in [1.807, 2.05) is 0 Å². The van der Waals surface area contributed by atoms with Gasteiger partial charge in [-0.3, -0.25) is 0 Å². The van der Waals surface area contributed by atoms with Crippen LogP contribution in [0.3, 0.4) is 0 Å². The molecule has 1 fully saturated rings. The number of aromatic carboxylic acids is 1. The minimum atomic E-state index is -0.961. The molecule has 1 saturated carbocycles. The van der Waals surface area contributed by atoms with Gasteiger partial charge in [0.25, 0.3) is 0 Å². The van der Waals surface area contributed by atoms with Crippen LogP contribution in [-0.2, 0) is 6.42 Å². The van der Waals surface area contributed by atoms with Crippen LogP contribution >= 0.6 is 0 Å². The molecule has 0 amide bonds. The minimum Gasteiger partial charge on any atom is -0.477 e. The number of aromatic nitrogens is 2. The van der Waals surface area contributed by atoms with Gasteiger partial charge in [0.2, 0.25) is 0 Å². The lowest BCUT2D eigenvalue weighted by molar-refractivity contribution is 0.0689. The number of nitrogens with zero attached hydrogens (tertiary/aromatic N) is 2. The van der Waals surface area contributed by atoms with Crippen LogP contribution in [0.15, 0.2) is 6.07 Å². The van der Waals surface area contributed by atoms with E-state index in [9.17, 15) is 4.79 Å². The first kappa shape index (κ1) is 10.1. The van der Waals surface area contributed by atoms with Crippen molar-refractivity contribution in [2.24, 2.45) is 0 Å². The Kier molecular flexibility index (Phi) is 2.66. The van der Waals surface area contributed by atoms with E-state index < -0.39 is 5.97 Å². The first-order valence-electron chi connectivity index (χ1n) is 5.32. The Morgan fingerprint density at radius 3 is 2.80 bits per heavy atom. The van der Waals surface area contributed by atoms with Gasteiger partial charge in [-0.2, -0.15) is 0 Å². The molecule has 4 heteroatoms. The van der Waals surface area contributed by atoms with Crippen LogP contribution in [0, 0.1) is 0 Å². The number of hydrogen-bond acceptors (Lipinski definition) is 3. The molecule has 0 radical (unpaired) electrons. The van der Waals surface area contributed by atoms with Gasteiger partial charge in [0, 0.05) is 11.6 Å². The maximum absolute atomic E-state index is 10.9. The van der Waals surface area contributed by atoms with Gasteiger partial charge in [0.1, 0.15) is 5.82 Å². The average molecular weight is 206 g/mol. The number of rotatable bonds is 4. The zero-order valence-electron chi connectivity index (χ0n) is 8.73. The van der Waals surface area contributed by atoms with Gasteiger partial charge >= 0.3 is 5.97 Å². The third kappa shape index (κ3) is 2.32.